The standard InChI is InChI=1S/C12H8F3NO3/c1-7-3-2-4-8(5-7)19-11(17)9-10(12(13,14)15)18-6-16-9/h2-6H,1H3. The van der Waals surface area contributed by atoms with Crippen LogP contribution in [0.15, 0.2) is 35.1 Å². The first kappa shape index (κ1) is 13.1. The van der Waals surface area contributed by atoms with E-state index < -0.39 is 23.6 Å². The predicted octanol–water partition coefficient (Wildman–Crippen LogP) is 3.22. The second-order valence-corrected chi connectivity index (χ2v) is 3.73. The van der Waals surface area contributed by atoms with Gasteiger partial charge in [0.05, 0.1) is 0 Å². The van der Waals surface area contributed by atoms with Crippen molar-refractivity contribution < 1.29 is 27.1 Å². The van der Waals surface area contributed by atoms with Crippen molar-refractivity contribution in [3.05, 3.63) is 47.7 Å². The minimum absolute atomic E-state index is 0.140. The Balaban J connectivity index is 2.24. The Bertz CT molecular complexity index is 604. The molecule has 1 aromatic heterocycles. The third-order valence-corrected chi connectivity index (χ3v) is 2.22. The Morgan fingerprint density at radius 1 is 1.37 bits per heavy atom. The first-order valence-corrected chi connectivity index (χ1v) is 5.17. The van der Waals surface area contributed by atoms with Crippen LogP contribution in [-0.4, -0.2) is 11.0 Å². The molecule has 7 heteroatoms. The van der Waals surface area contributed by atoms with Gasteiger partial charge in [0.15, 0.2) is 12.1 Å². The smallest absolute Gasteiger partial charge is 0.438 e. The number of hydrogen-bond acceptors (Lipinski definition) is 4. The summed E-state index contributed by atoms with van der Waals surface area (Å²) in [6, 6.07) is 6.35. The number of alkyl halides is 3. The number of aryl methyl sites for hydroxylation is 1. The van der Waals surface area contributed by atoms with E-state index in [4.69, 9.17) is 4.74 Å². The molecule has 2 aromatic rings. The van der Waals surface area contributed by atoms with E-state index in [1.807, 2.05) is 0 Å². The number of halogens is 3. The normalized spacial score (nSPS) is 11.4. The highest BCUT2D eigenvalue weighted by atomic mass is 19.4. The number of rotatable bonds is 2. The minimum atomic E-state index is -4.79. The first-order chi connectivity index (χ1) is 8.88. The maximum atomic E-state index is 12.5. The average Bonchev–Trinajstić information content (AvgIpc) is 2.77. The molecule has 0 saturated carbocycles. The third kappa shape index (κ3) is 2.93. The number of ether oxygens (including phenoxy) is 1. The van der Waals surface area contributed by atoms with Crippen LogP contribution in [0.25, 0.3) is 0 Å². The molecular formula is C12H8F3NO3. The van der Waals surface area contributed by atoms with Gasteiger partial charge >= 0.3 is 12.1 Å². The molecule has 2 rings (SSSR count). The van der Waals surface area contributed by atoms with Gasteiger partial charge in [0.1, 0.15) is 5.75 Å². The number of carbonyl (C=O) groups excluding carboxylic acids is 1. The van der Waals surface area contributed by atoms with Crippen molar-refractivity contribution in [3.63, 3.8) is 0 Å². The van der Waals surface area contributed by atoms with Crippen LogP contribution in [0.3, 0.4) is 0 Å². The van der Waals surface area contributed by atoms with Crippen molar-refractivity contribution in [1.82, 2.24) is 4.98 Å². The molecular weight excluding hydrogens is 263 g/mol. The molecule has 0 radical (unpaired) electrons. The van der Waals surface area contributed by atoms with Gasteiger partial charge in [-0.3, -0.25) is 0 Å². The zero-order valence-corrected chi connectivity index (χ0v) is 9.69. The molecule has 100 valence electrons. The number of hydrogen-bond donors (Lipinski definition) is 0. The lowest BCUT2D eigenvalue weighted by Gasteiger charge is -2.06. The molecule has 1 aromatic carbocycles. The van der Waals surface area contributed by atoms with Crippen LogP contribution in [0.2, 0.25) is 0 Å². The number of carbonyl (C=O) groups is 1. The molecule has 4 nitrogen and oxygen atoms in total. The van der Waals surface area contributed by atoms with Gasteiger partial charge in [-0.2, -0.15) is 13.2 Å². The van der Waals surface area contributed by atoms with E-state index in [1.165, 1.54) is 12.1 Å². The molecule has 0 saturated heterocycles. The van der Waals surface area contributed by atoms with Crippen LogP contribution in [0.4, 0.5) is 13.2 Å². The number of aromatic nitrogens is 1. The van der Waals surface area contributed by atoms with Gasteiger partial charge in [-0.05, 0) is 24.6 Å². The molecule has 0 unspecified atom stereocenters. The van der Waals surface area contributed by atoms with E-state index in [2.05, 4.69) is 9.40 Å². The summed E-state index contributed by atoms with van der Waals surface area (Å²) in [6.45, 7) is 1.76. The SMILES string of the molecule is Cc1cccc(OC(=O)c2ncoc2C(F)(F)F)c1. The van der Waals surface area contributed by atoms with E-state index in [9.17, 15) is 18.0 Å². The van der Waals surface area contributed by atoms with E-state index in [0.717, 1.165) is 5.56 Å². The lowest BCUT2D eigenvalue weighted by atomic mass is 10.2. The van der Waals surface area contributed by atoms with Crippen molar-refractivity contribution in [3.8, 4) is 5.75 Å². The zero-order chi connectivity index (χ0) is 14.0. The minimum Gasteiger partial charge on any atom is -0.438 e. The van der Waals surface area contributed by atoms with Crippen molar-refractivity contribution in [2.45, 2.75) is 13.1 Å². The van der Waals surface area contributed by atoms with Crippen LogP contribution < -0.4 is 4.74 Å². The van der Waals surface area contributed by atoms with Crippen LogP contribution in [-0.2, 0) is 6.18 Å². The van der Waals surface area contributed by atoms with Crippen LogP contribution >= 0.6 is 0 Å². The van der Waals surface area contributed by atoms with Crippen molar-refractivity contribution in [1.29, 1.82) is 0 Å². The summed E-state index contributed by atoms with van der Waals surface area (Å²) in [5, 5.41) is 0. The predicted molar refractivity (Wildman–Crippen MR) is 57.6 cm³/mol. The summed E-state index contributed by atoms with van der Waals surface area (Å²) < 4.78 is 46.5. The molecule has 0 atom stereocenters. The van der Waals surface area contributed by atoms with Gasteiger partial charge in [0.2, 0.25) is 5.76 Å². The number of esters is 1. The Morgan fingerprint density at radius 2 is 2.11 bits per heavy atom. The topological polar surface area (TPSA) is 52.3 Å². The van der Waals surface area contributed by atoms with E-state index in [-0.39, 0.29) is 5.75 Å². The maximum Gasteiger partial charge on any atom is 0.452 e. The van der Waals surface area contributed by atoms with Crippen molar-refractivity contribution in [2.75, 3.05) is 0 Å². The molecule has 0 aliphatic carbocycles. The first-order valence-electron chi connectivity index (χ1n) is 5.17. The summed E-state index contributed by atoms with van der Waals surface area (Å²) in [6.07, 6.45) is -4.24. The maximum absolute atomic E-state index is 12.5. The highest BCUT2D eigenvalue weighted by Gasteiger charge is 2.41. The fourth-order valence-corrected chi connectivity index (χ4v) is 1.43. The Hall–Kier alpha value is -2.31. The molecule has 0 N–H and O–H groups in total. The Kier molecular flexibility index (Phi) is 3.28. The van der Waals surface area contributed by atoms with Gasteiger partial charge < -0.3 is 9.15 Å². The molecule has 0 aliphatic heterocycles. The summed E-state index contributed by atoms with van der Waals surface area (Å²) in [7, 11) is 0. The summed E-state index contributed by atoms with van der Waals surface area (Å²) in [5.41, 5.74) is -0.0875. The monoisotopic (exact) mass is 271 g/mol. The quantitative estimate of drug-likeness (QED) is 0.621. The van der Waals surface area contributed by atoms with E-state index >= 15 is 0 Å². The second kappa shape index (κ2) is 4.75. The number of oxazole rings is 1. The van der Waals surface area contributed by atoms with E-state index in [0.29, 0.717) is 6.39 Å². The van der Waals surface area contributed by atoms with Gasteiger partial charge in [-0.1, -0.05) is 12.1 Å². The molecule has 1 heterocycles. The summed E-state index contributed by atoms with van der Waals surface area (Å²) in [5.74, 6) is -2.54. The average molecular weight is 271 g/mol. The van der Waals surface area contributed by atoms with Crippen molar-refractivity contribution in [2.24, 2.45) is 0 Å². The number of nitrogens with zero attached hydrogens (tertiary/aromatic N) is 1. The Morgan fingerprint density at radius 3 is 2.74 bits per heavy atom. The van der Waals surface area contributed by atoms with Gasteiger partial charge in [-0.15, -0.1) is 0 Å². The fraction of sp³-hybridized carbons (Fsp3) is 0.167. The van der Waals surface area contributed by atoms with Crippen LogP contribution in [0.5, 0.6) is 5.75 Å². The lowest BCUT2D eigenvalue weighted by molar-refractivity contribution is -0.153. The van der Waals surface area contributed by atoms with E-state index in [1.54, 1.807) is 19.1 Å². The molecule has 0 amide bonds. The second-order valence-electron chi connectivity index (χ2n) is 3.73. The van der Waals surface area contributed by atoms with Crippen LogP contribution in [0, 0.1) is 6.92 Å². The van der Waals surface area contributed by atoms with Crippen molar-refractivity contribution >= 4 is 5.97 Å². The lowest BCUT2D eigenvalue weighted by Crippen LogP contribution is -2.16. The highest BCUT2D eigenvalue weighted by Crippen LogP contribution is 2.32. The van der Waals surface area contributed by atoms with Crippen LogP contribution in [0.1, 0.15) is 21.8 Å². The van der Waals surface area contributed by atoms with Gasteiger partial charge in [0.25, 0.3) is 0 Å². The largest absolute Gasteiger partial charge is 0.452 e. The molecule has 0 spiro atoms. The summed E-state index contributed by atoms with van der Waals surface area (Å²) >= 11 is 0. The molecule has 0 aliphatic rings. The van der Waals surface area contributed by atoms with Gasteiger partial charge in [-0.25, -0.2) is 9.78 Å². The number of benzene rings is 1. The zero-order valence-electron chi connectivity index (χ0n) is 9.69. The third-order valence-electron chi connectivity index (χ3n) is 2.22. The molecule has 0 fully saturated rings. The Labute approximate surface area is 105 Å². The van der Waals surface area contributed by atoms with Gasteiger partial charge in [0, 0.05) is 0 Å². The summed E-state index contributed by atoms with van der Waals surface area (Å²) in [4.78, 5) is 14.8. The molecule has 19 heavy (non-hydrogen) atoms. The highest BCUT2D eigenvalue weighted by molar-refractivity contribution is 5.90. The molecule has 0 bridgehead atoms. The fourth-order valence-electron chi connectivity index (χ4n) is 1.43.